The van der Waals surface area contributed by atoms with Crippen molar-refractivity contribution >= 4 is 15.8 Å². The molecule has 2 N–H and O–H groups in total. The van der Waals surface area contributed by atoms with E-state index < -0.39 is 15.7 Å². The van der Waals surface area contributed by atoms with E-state index in [0.717, 1.165) is 17.2 Å². The highest BCUT2D eigenvalue weighted by molar-refractivity contribution is 7.91. The fourth-order valence-electron chi connectivity index (χ4n) is 2.59. The topological polar surface area (TPSA) is 70.6 Å². The van der Waals surface area contributed by atoms with Crippen molar-refractivity contribution in [3.8, 4) is 0 Å². The number of benzene rings is 2. The highest BCUT2D eigenvalue weighted by Gasteiger charge is 2.18. The Morgan fingerprint density at radius 2 is 1.78 bits per heavy atom. The summed E-state index contributed by atoms with van der Waals surface area (Å²) in [5, 5.41) is 5.98. The zero-order valence-electron chi connectivity index (χ0n) is 15.3. The third-order valence-electron chi connectivity index (χ3n) is 4.05. The number of sulfone groups is 1. The van der Waals surface area contributed by atoms with Crippen LogP contribution in [0.5, 0.6) is 0 Å². The Morgan fingerprint density at radius 1 is 1.07 bits per heavy atom. The van der Waals surface area contributed by atoms with Crippen LogP contribution in [0.4, 0.5) is 8.78 Å². The molecule has 0 aliphatic carbocycles. The van der Waals surface area contributed by atoms with Crippen LogP contribution >= 0.6 is 0 Å². The monoisotopic (exact) mass is 395 g/mol. The summed E-state index contributed by atoms with van der Waals surface area (Å²) in [6, 6.07) is 9.95. The number of halogens is 2. The molecule has 0 atom stereocenters. The summed E-state index contributed by atoms with van der Waals surface area (Å²) in [5.41, 5.74) is 1.89. The van der Waals surface area contributed by atoms with Gasteiger partial charge in [0.2, 0.25) is 0 Å². The van der Waals surface area contributed by atoms with Crippen LogP contribution < -0.4 is 10.6 Å². The molecule has 2 aromatic carbocycles. The lowest BCUT2D eigenvalue weighted by molar-refractivity contribution is 0.566. The fraction of sp³-hybridized carbons (Fsp3) is 0.316. The smallest absolute Gasteiger partial charge is 0.191 e. The van der Waals surface area contributed by atoms with E-state index in [1.54, 1.807) is 13.1 Å². The van der Waals surface area contributed by atoms with Gasteiger partial charge in [0.05, 0.1) is 5.75 Å². The van der Waals surface area contributed by atoms with Crippen molar-refractivity contribution in [2.24, 2.45) is 4.99 Å². The first-order valence-corrected chi connectivity index (χ1v) is 10.2. The number of guanidine groups is 1. The van der Waals surface area contributed by atoms with Crippen LogP contribution in [0.1, 0.15) is 11.1 Å². The number of aliphatic imine (C=N–C) groups is 1. The van der Waals surface area contributed by atoms with Gasteiger partial charge in [-0.15, -0.1) is 0 Å². The van der Waals surface area contributed by atoms with Crippen LogP contribution in [-0.4, -0.2) is 40.3 Å². The van der Waals surface area contributed by atoms with Crippen LogP contribution in [0.2, 0.25) is 0 Å². The van der Waals surface area contributed by atoms with Gasteiger partial charge in [0.1, 0.15) is 16.5 Å². The summed E-state index contributed by atoms with van der Waals surface area (Å²) in [6.07, 6.45) is 0.667. The molecule has 0 aromatic heterocycles. The molecule has 0 unspecified atom stereocenters. The molecule has 0 radical (unpaired) electrons. The standard InChI is InChI=1S/C19H23F2N3O2S/c1-14-13-16(20)8-7-15(14)9-10-23-19(22-2)24-11-12-27(25,26)18-6-4-3-5-17(18)21/h3-8,13H,9-12H2,1-2H3,(H2,22,23,24). The van der Waals surface area contributed by atoms with Gasteiger partial charge in [-0.25, -0.2) is 17.2 Å². The third kappa shape index (κ3) is 6.02. The Hall–Kier alpha value is -2.48. The molecule has 146 valence electrons. The second-order valence-electron chi connectivity index (χ2n) is 6.00. The molecule has 0 heterocycles. The Labute approximate surface area is 158 Å². The molecular weight excluding hydrogens is 372 g/mol. The molecule has 27 heavy (non-hydrogen) atoms. The molecule has 5 nitrogen and oxygen atoms in total. The average molecular weight is 395 g/mol. The molecular formula is C19H23F2N3O2S. The Bertz CT molecular complexity index is 915. The van der Waals surface area contributed by atoms with Crippen molar-refractivity contribution < 1.29 is 17.2 Å². The third-order valence-corrected chi connectivity index (χ3v) is 5.79. The largest absolute Gasteiger partial charge is 0.356 e. The maximum Gasteiger partial charge on any atom is 0.191 e. The highest BCUT2D eigenvalue weighted by Crippen LogP contribution is 2.14. The molecule has 0 saturated carbocycles. The molecule has 2 rings (SSSR count). The first-order chi connectivity index (χ1) is 12.8. The zero-order chi connectivity index (χ0) is 19.9. The van der Waals surface area contributed by atoms with Crippen LogP contribution in [0.25, 0.3) is 0 Å². The van der Waals surface area contributed by atoms with E-state index in [1.165, 1.54) is 30.3 Å². The van der Waals surface area contributed by atoms with Gasteiger partial charge < -0.3 is 10.6 Å². The van der Waals surface area contributed by atoms with Crippen molar-refractivity contribution in [3.05, 3.63) is 65.2 Å². The minimum atomic E-state index is -3.72. The molecule has 0 fully saturated rings. The van der Waals surface area contributed by atoms with E-state index in [2.05, 4.69) is 15.6 Å². The second-order valence-corrected chi connectivity index (χ2v) is 8.07. The van der Waals surface area contributed by atoms with Gasteiger partial charge in [-0.2, -0.15) is 0 Å². The van der Waals surface area contributed by atoms with Gasteiger partial charge >= 0.3 is 0 Å². The first-order valence-electron chi connectivity index (χ1n) is 8.50. The summed E-state index contributed by atoms with van der Waals surface area (Å²) in [4.78, 5) is 3.73. The predicted molar refractivity (Wildman–Crippen MR) is 103 cm³/mol. The molecule has 2 aromatic rings. The average Bonchev–Trinajstić information content (AvgIpc) is 2.62. The van der Waals surface area contributed by atoms with Crippen molar-refractivity contribution in [3.63, 3.8) is 0 Å². The quantitative estimate of drug-likeness (QED) is 0.558. The zero-order valence-corrected chi connectivity index (χ0v) is 16.1. The molecule has 8 heteroatoms. The normalized spacial score (nSPS) is 12.1. The van der Waals surface area contributed by atoms with Crippen LogP contribution in [0, 0.1) is 18.6 Å². The predicted octanol–water partition coefficient (Wildman–Crippen LogP) is 2.45. The summed E-state index contributed by atoms with van der Waals surface area (Å²) >= 11 is 0. The molecule has 0 bridgehead atoms. The number of aryl methyl sites for hydroxylation is 1. The molecule has 0 saturated heterocycles. The number of hydrogen-bond acceptors (Lipinski definition) is 3. The Balaban J connectivity index is 1.83. The summed E-state index contributed by atoms with van der Waals surface area (Å²) in [6.45, 7) is 2.48. The highest BCUT2D eigenvalue weighted by atomic mass is 32.2. The lowest BCUT2D eigenvalue weighted by Gasteiger charge is -2.13. The van der Waals surface area contributed by atoms with Crippen LogP contribution in [0.3, 0.4) is 0 Å². The molecule has 0 spiro atoms. The van der Waals surface area contributed by atoms with Crippen LogP contribution in [0.15, 0.2) is 52.4 Å². The summed E-state index contributed by atoms with van der Waals surface area (Å²) in [7, 11) is -2.15. The molecule has 0 aliphatic heterocycles. The number of nitrogens with zero attached hydrogens (tertiary/aromatic N) is 1. The summed E-state index contributed by atoms with van der Waals surface area (Å²) < 4.78 is 51.2. The molecule has 0 aliphatic rings. The van der Waals surface area contributed by atoms with Gasteiger partial charge in [-0.05, 0) is 48.7 Å². The SMILES string of the molecule is CN=C(NCCc1ccc(F)cc1C)NCCS(=O)(=O)c1ccccc1F. The van der Waals surface area contributed by atoms with Crippen molar-refractivity contribution in [1.29, 1.82) is 0 Å². The number of rotatable bonds is 7. The van der Waals surface area contributed by atoms with Crippen molar-refractivity contribution in [1.82, 2.24) is 10.6 Å². The fourth-order valence-corrected chi connectivity index (χ4v) is 3.83. The number of nitrogens with one attached hydrogen (secondary N) is 2. The lowest BCUT2D eigenvalue weighted by atomic mass is 10.1. The Kier molecular flexibility index (Phi) is 7.29. The van der Waals surface area contributed by atoms with Crippen molar-refractivity contribution in [2.45, 2.75) is 18.2 Å². The van der Waals surface area contributed by atoms with E-state index in [4.69, 9.17) is 0 Å². The first kappa shape index (κ1) is 20.8. The minimum Gasteiger partial charge on any atom is -0.356 e. The van der Waals surface area contributed by atoms with Crippen LogP contribution in [-0.2, 0) is 16.3 Å². The van der Waals surface area contributed by atoms with E-state index in [0.29, 0.717) is 18.9 Å². The van der Waals surface area contributed by atoms with E-state index in [-0.39, 0.29) is 23.0 Å². The maximum atomic E-state index is 13.7. The van der Waals surface area contributed by atoms with Gasteiger partial charge in [0.25, 0.3) is 0 Å². The number of hydrogen-bond donors (Lipinski definition) is 2. The Morgan fingerprint density at radius 3 is 2.44 bits per heavy atom. The van der Waals surface area contributed by atoms with Gasteiger partial charge in [-0.1, -0.05) is 18.2 Å². The van der Waals surface area contributed by atoms with E-state index in [9.17, 15) is 17.2 Å². The minimum absolute atomic E-state index is 0.0892. The maximum absolute atomic E-state index is 13.7. The van der Waals surface area contributed by atoms with Gasteiger partial charge in [0.15, 0.2) is 15.8 Å². The van der Waals surface area contributed by atoms with E-state index in [1.807, 2.05) is 6.92 Å². The lowest BCUT2D eigenvalue weighted by Crippen LogP contribution is -2.40. The molecule has 0 amide bonds. The second kappa shape index (κ2) is 9.45. The van der Waals surface area contributed by atoms with Crippen molar-refractivity contribution in [2.75, 3.05) is 25.9 Å². The van der Waals surface area contributed by atoms with Gasteiger partial charge in [-0.3, -0.25) is 4.99 Å². The summed E-state index contributed by atoms with van der Waals surface area (Å²) in [5.74, 6) is -0.836. The van der Waals surface area contributed by atoms with Gasteiger partial charge in [0, 0.05) is 20.1 Å². The van der Waals surface area contributed by atoms with E-state index >= 15 is 0 Å².